The average molecular weight is 457 g/mol. The lowest BCUT2D eigenvalue weighted by atomic mass is 10.1. The number of rotatable bonds is 5. The van der Waals surface area contributed by atoms with E-state index in [-0.39, 0.29) is 17.3 Å². The fraction of sp³-hybridized carbons (Fsp3) is 0.294. The Morgan fingerprint density at radius 1 is 1.15 bits per heavy atom. The maximum Gasteiger partial charge on any atom is 0.343 e. The predicted octanol–water partition coefficient (Wildman–Crippen LogP) is 1.61. The third kappa shape index (κ3) is 4.28. The molecule has 0 radical (unpaired) electrons. The van der Waals surface area contributed by atoms with E-state index in [2.05, 4.69) is 20.7 Å². The second-order valence-corrected chi connectivity index (χ2v) is 6.68. The molecule has 1 saturated heterocycles. The van der Waals surface area contributed by atoms with E-state index >= 15 is 0 Å². The number of amides is 2. The Kier molecular flexibility index (Phi) is 6.55. The zero-order valence-corrected chi connectivity index (χ0v) is 17.5. The van der Waals surface area contributed by atoms with Gasteiger partial charge in [0.25, 0.3) is 11.8 Å². The lowest BCUT2D eigenvalue weighted by molar-refractivity contribution is -0.143. The number of hydrogen-bond acceptors (Lipinski definition) is 7. The Labute approximate surface area is 169 Å². The molecule has 10 heteroatoms. The fourth-order valence-electron chi connectivity index (χ4n) is 2.26. The number of methoxy groups -OCH3 is 2. The van der Waals surface area contributed by atoms with Gasteiger partial charge in [0, 0.05) is 18.6 Å². The van der Waals surface area contributed by atoms with Gasteiger partial charge in [-0.2, -0.15) is 0 Å². The van der Waals surface area contributed by atoms with E-state index in [4.69, 9.17) is 21.7 Å². The third-order valence-corrected chi connectivity index (χ3v) is 5.03. The number of ether oxygens (including phenoxy) is 3. The zero-order valence-electron chi connectivity index (χ0n) is 15.1. The lowest BCUT2D eigenvalue weighted by Crippen LogP contribution is -2.52. The second-order valence-electron chi connectivity index (χ2n) is 5.46. The molecule has 0 N–H and O–H groups in total. The van der Waals surface area contributed by atoms with Crippen molar-refractivity contribution in [1.29, 1.82) is 0 Å². The van der Waals surface area contributed by atoms with Gasteiger partial charge >= 0.3 is 5.97 Å². The number of benzene rings is 1. The molecule has 144 valence electrons. The number of halogens is 1. The monoisotopic (exact) mass is 456 g/mol. The first-order valence-electron chi connectivity index (χ1n) is 7.60. The van der Waals surface area contributed by atoms with Gasteiger partial charge in [-0.15, -0.1) is 0 Å². The van der Waals surface area contributed by atoms with Crippen LogP contribution in [-0.2, 0) is 19.1 Å². The van der Waals surface area contributed by atoms with Crippen LogP contribution < -0.4 is 9.47 Å². The molecule has 1 aliphatic heterocycles. The number of carbonyl (C=O) groups is 3. The van der Waals surface area contributed by atoms with Crippen molar-refractivity contribution in [1.82, 2.24) is 9.80 Å². The average Bonchev–Trinajstić information content (AvgIpc) is 2.67. The molecule has 2 amide bonds. The number of esters is 1. The Morgan fingerprint density at radius 2 is 1.74 bits per heavy atom. The molecule has 1 aliphatic rings. The van der Waals surface area contributed by atoms with Crippen LogP contribution >= 0.6 is 28.1 Å². The first kappa shape index (κ1) is 20.8. The van der Waals surface area contributed by atoms with Crippen molar-refractivity contribution in [2.75, 3.05) is 34.9 Å². The first-order chi connectivity index (χ1) is 12.7. The molecule has 27 heavy (non-hydrogen) atoms. The molecule has 0 unspecified atom stereocenters. The highest BCUT2D eigenvalue weighted by atomic mass is 79.9. The quantitative estimate of drug-likeness (QED) is 0.288. The molecular formula is C17H17BrN2O6S. The van der Waals surface area contributed by atoms with Crippen molar-refractivity contribution in [3.8, 4) is 11.5 Å². The van der Waals surface area contributed by atoms with Crippen LogP contribution in [0.3, 0.4) is 0 Å². The van der Waals surface area contributed by atoms with Crippen LogP contribution in [0.5, 0.6) is 11.5 Å². The number of carbonyl (C=O) groups excluding carboxylic acids is 3. The summed E-state index contributed by atoms with van der Waals surface area (Å²) in [4.78, 5) is 38.6. The Morgan fingerprint density at radius 3 is 2.26 bits per heavy atom. The van der Waals surface area contributed by atoms with E-state index in [0.29, 0.717) is 21.5 Å². The summed E-state index contributed by atoms with van der Waals surface area (Å²) in [5.74, 6) is -0.921. The first-order valence-corrected chi connectivity index (χ1v) is 8.80. The van der Waals surface area contributed by atoms with Gasteiger partial charge in [-0.25, -0.2) is 4.79 Å². The molecule has 0 aromatic heterocycles. The maximum atomic E-state index is 12.4. The summed E-state index contributed by atoms with van der Waals surface area (Å²) in [6.07, 6.45) is 1.44. The van der Waals surface area contributed by atoms with E-state index in [1.165, 1.54) is 44.2 Å². The van der Waals surface area contributed by atoms with Crippen LogP contribution in [0.2, 0.25) is 0 Å². The molecule has 0 aliphatic carbocycles. The van der Waals surface area contributed by atoms with Crippen molar-refractivity contribution in [2.24, 2.45) is 0 Å². The van der Waals surface area contributed by atoms with Gasteiger partial charge < -0.3 is 14.2 Å². The van der Waals surface area contributed by atoms with E-state index < -0.39 is 17.8 Å². The molecule has 1 fully saturated rings. The standard InChI is InChI=1S/C17H17BrN2O6S/c1-19-15(22)10(16(23)20(2)17(19)27)5-9-6-12(24-3)13(7-11(9)18)26-8-14(21)25-4/h5-7H,8H2,1-4H3. The summed E-state index contributed by atoms with van der Waals surface area (Å²) < 4.78 is 15.7. The van der Waals surface area contributed by atoms with Crippen LogP contribution in [0.4, 0.5) is 0 Å². The normalized spacial score (nSPS) is 14.4. The summed E-state index contributed by atoms with van der Waals surface area (Å²) in [5.41, 5.74) is 0.475. The highest BCUT2D eigenvalue weighted by molar-refractivity contribution is 9.10. The molecule has 1 heterocycles. The highest BCUT2D eigenvalue weighted by Crippen LogP contribution is 2.35. The van der Waals surface area contributed by atoms with Crippen LogP contribution in [0, 0.1) is 0 Å². The molecule has 0 saturated carbocycles. The molecule has 2 rings (SSSR count). The van der Waals surface area contributed by atoms with Crippen LogP contribution in [0.25, 0.3) is 6.08 Å². The molecule has 0 bridgehead atoms. The van der Waals surface area contributed by atoms with E-state index in [9.17, 15) is 14.4 Å². The van der Waals surface area contributed by atoms with Crippen LogP contribution in [0.15, 0.2) is 22.2 Å². The van der Waals surface area contributed by atoms with Crippen molar-refractivity contribution in [3.63, 3.8) is 0 Å². The molecule has 8 nitrogen and oxygen atoms in total. The molecule has 0 atom stereocenters. The fourth-order valence-corrected chi connectivity index (χ4v) is 2.86. The second kappa shape index (κ2) is 8.49. The molecular weight excluding hydrogens is 440 g/mol. The van der Waals surface area contributed by atoms with Crippen molar-refractivity contribution < 1.29 is 28.6 Å². The van der Waals surface area contributed by atoms with E-state index in [1.807, 2.05) is 0 Å². The SMILES string of the molecule is COC(=O)COc1cc(Br)c(C=C2C(=O)N(C)C(=S)N(C)C2=O)cc1OC. The van der Waals surface area contributed by atoms with Gasteiger partial charge in [-0.1, -0.05) is 15.9 Å². The Bertz CT molecular complexity index is 828. The van der Waals surface area contributed by atoms with E-state index in [0.717, 1.165) is 0 Å². The smallest absolute Gasteiger partial charge is 0.343 e. The number of hydrogen-bond donors (Lipinski definition) is 0. The lowest BCUT2D eigenvalue weighted by Gasteiger charge is -2.31. The Balaban J connectivity index is 2.42. The van der Waals surface area contributed by atoms with Gasteiger partial charge in [-0.3, -0.25) is 19.4 Å². The Hall–Kier alpha value is -2.46. The number of nitrogens with zero attached hydrogens (tertiary/aromatic N) is 2. The molecule has 1 aromatic rings. The van der Waals surface area contributed by atoms with Gasteiger partial charge in [0.05, 0.1) is 14.2 Å². The van der Waals surface area contributed by atoms with Gasteiger partial charge in [-0.05, 0) is 36.0 Å². The van der Waals surface area contributed by atoms with Crippen molar-refractivity contribution in [2.45, 2.75) is 0 Å². The summed E-state index contributed by atoms with van der Waals surface area (Å²) >= 11 is 8.44. The maximum absolute atomic E-state index is 12.4. The van der Waals surface area contributed by atoms with Crippen molar-refractivity contribution >= 4 is 57.1 Å². The molecule has 0 spiro atoms. The minimum absolute atomic E-state index is 0.0421. The van der Waals surface area contributed by atoms with Gasteiger partial charge in [0.2, 0.25) is 0 Å². The summed E-state index contributed by atoms with van der Waals surface area (Å²) in [5, 5.41) is 0.130. The summed E-state index contributed by atoms with van der Waals surface area (Å²) in [6, 6.07) is 3.15. The summed E-state index contributed by atoms with van der Waals surface area (Å²) in [7, 11) is 5.69. The minimum Gasteiger partial charge on any atom is -0.493 e. The minimum atomic E-state index is -0.542. The topological polar surface area (TPSA) is 85.4 Å². The third-order valence-electron chi connectivity index (χ3n) is 3.80. The van der Waals surface area contributed by atoms with Gasteiger partial charge in [0.1, 0.15) is 5.57 Å². The van der Waals surface area contributed by atoms with Crippen molar-refractivity contribution in [3.05, 3.63) is 27.7 Å². The zero-order chi connectivity index (χ0) is 20.3. The predicted molar refractivity (Wildman–Crippen MR) is 104 cm³/mol. The van der Waals surface area contributed by atoms with Crippen LogP contribution in [0.1, 0.15) is 5.56 Å². The number of thiocarbonyl (C=S) groups is 1. The van der Waals surface area contributed by atoms with E-state index in [1.54, 1.807) is 12.1 Å². The molecule has 1 aromatic carbocycles. The number of likely N-dealkylation sites (N-methyl/N-ethyl adjacent to an activating group) is 2. The largest absolute Gasteiger partial charge is 0.493 e. The summed E-state index contributed by atoms with van der Waals surface area (Å²) in [6.45, 7) is -0.288. The highest BCUT2D eigenvalue weighted by Gasteiger charge is 2.35. The van der Waals surface area contributed by atoms with Gasteiger partial charge in [0.15, 0.2) is 23.2 Å². The van der Waals surface area contributed by atoms with Crippen LogP contribution in [-0.4, -0.2) is 67.6 Å².